The Kier molecular flexibility index (Phi) is 10.2. The van der Waals surface area contributed by atoms with Crippen LogP contribution in [0.2, 0.25) is 0 Å². The Balaban J connectivity index is 1.65. The van der Waals surface area contributed by atoms with E-state index in [1.807, 2.05) is 0 Å². The molecular formula is C27H48O6. The minimum atomic E-state index is -0.757. The minimum Gasteiger partial charge on any atom is -0.481 e. The van der Waals surface area contributed by atoms with E-state index in [0.29, 0.717) is 24.7 Å². The van der Waals surface area contributed by atoms with Gasteiger partial charge in [0.15, 0.2) is 0 Å². The van der Waals surface area contributed by atoms with Crippen molar-refractivity contribution in [1.29, 1.82) is 0 Å². The van der Waals surface area contributed by atoms with E-state index in [2.05, 4.69) is 0 Å². The van der Waals surface area contributed by atoms with Gasteiger partial charge in [0.2, 0.25) is 0 Å². The average Bonchev–Trinajstić information content (AvgIpc) is 3.25. The number of aliphatic carboxylic acids is 2. The van der Waals surface area contributed by atoms with Gasteiger partial charge in [0.25, 0.3) is 0 Å². The van der Waals surface area contributed by atoms with Crippen LogP contribution < -0.4 is 0 Å². The fourth-order valence-electron chi connectivity index (χ4n) is 6.04. The van der Waals surface area contributed by atoms with E-state index in [0.717, 1.165) is 70.6 Å². The van der Waals surface area contributed by atoms with Crippen LogP contribution in [0.25, 0.3) is 0 Å². The summed E-state index contributed by atoms with van der Waals surface area (Å²) in [6.45, 7) is 7.06. The van der Waals surface area contributed by atoms with Crippen LogP contribution in [-0.4, -0.2) is 44.6 Å². The third-order valence-corrected chi connectivity index (χ3v) is 8.81. The normalized spacial score (nSPS) is 30.6. The smallest absolute Gasteiger partial charge is 0.309 e. The van der Waals surface area contributed by atoms with Gasteiger partial charge in [-0.05, 0) is 116 Å². The van der Waals surface area contributed by atoms with Crippen LogP contribution in [0, 0.1) is 34.5 Å². The lowest BCUT2D eigenvalue weighted by Gasteiger charge is -2.24. The lowest BCUT2D eigenvalue weighted by Crippen LogP contribution is -2.25. The maximum atomic E-state index is 11.3. The van der Waals surface area contributed by atoms with Gasteiger partial charge >= 0.3 is 11.9 Å². The van der Waals surface area contributed by atoms with Crippen LogP contribution in [0.4, 0.5) is 0 Å². The molecule has 2 aliphatic carbocycles. The zero-order valence-electron chi connectivity index (χ0n) is 21.3. The second-order valence-corrected chi connectivity index (χ2v) is 12.3. The highest BCUT2D eigenvalue weighted by Gasteiger charge is 2.37. The topological polar surface area (TPSA) is 115 Å². The van der Waals surface area contributed by atoms with Crippen molar-refractivity contribution >= 4 is 11.9 Å². The molecule has 6 atom stereocenters. The minimum absolute atomic E-state index is 0.281. The molecular weight excluding hydrogens is 420 g/mol. The fraction of sp³-hybridized carbons (Fsp3) is 0.926. The summed E-state index contributed by atoms with van der Waals surface area (Å²) in [7, 11) is 0. The lowest BCUT2D eigenvalue weighted by atomic mass is 9.84. The molecule has 0 aromatic carbocycles. The van der Waals surface area contributed by atoms with Crippen molar-refractivity contribution in [2.24, 2.45) is 34.5 Å². The van der Waals surface area contributed by atoms with Crippen molar-refractivity contribution in [1.82, 2.24) is 0 Å². The summed E-state index contributed by atoms with van der Waals surface area (Å²) in [6, 6.07) is 0. The molecule has 0 heterocycles. The van der Waals surface area contributed by atoms with Crippen molar-refractivity contribution in [3.63, 3.8) is 0 Å². The summed E-state index contributed by atoms with van der Waals surface area (Å²) in [5.74, 6) is -0.280. The summed E-state index contributed by atoms with van der Waals surface area (Å²) in [6.07, 6.45) is 11.4. The quantitative estimate of drug-likeness (QED) is 0.268. The summed E-state index contributed by atoms with van der Waals surface area (Å²) < 4.78 is 0. The first kappa shape index (κ1) is 28.1. The molecule has 6 unspecified atom stereocenters. The molecule has 0 radical (unpaired) electrons. The van der Waals surface area contributed by atoms with Gasteiger partial charge < -0.3 is 20.4 Å². The molecule has 6 heteroatoms. The van der Waals surface area contributed by atoms with Gasteiger partial charge in [-0.2, -0.15) is 0 Å². The molecule has 2 rings (SSSR count). The highest BCUT2D eigenvalue weighted by atomic mass is 16.4. The standard InChI is InChI=1S/C27H48O6/c1-26(2,24(30)31)16-6-10-20-14-12-18(22(20)28)8-5-9-19-13-15-21(23(19)29)11-7-17-27(3,4)25(32)33/h18-23,28-29H,5-17H2,1-4H3,(H,30,31)(H,32,33). The number of hydrogen-bond acceptors (Lipinski definition) is 4. The van der Waals surface area contributed by atoms with Gasteiger partial charge in [-0.25, -0.2) is 0 Å². The Hall–Kier alpha value is -1.14. The Morgan fingerprint density at radius 3 is 1.15 bits per heavy atom. The molecule has 6 nitrogen and oxygen atoms in total. The van der Waals surface area contributed by atoms with Crippen LogP contribution in [0.3, 0.4) is 0 Å². The molecule has 0 aliphatic heterocycles. The molecule has 2 fully saturated rings. The molecule has 0 aromatic rings. The van der Waals surface area contributed by atoms with Gasteiger partial charge in [0, 0.05) is 0 Å². The first-order valence-corrected chi connectivity index (χ1v) is 13.2. The summed E-state index contributed by atoms with van der Waals surface area (Å²) in [5, 5.41) is 40.0. The lowest BCUT2D eigenvalue weighted by molar-refractivity contribution is -0.148. The number of carbonyl (C=O) groups is 2. The van der Waals surface area contributed by atoms with E-state index in [1.54, 1.807) is 27.7 Å². The first-order chi connectivity index (χ1) is 15.3. The van der Waals surface area contributed by atoms with Crippen LogP contribution >= 0.6 is 0 Å². The van der Waals surface area contributed by atoms with Crippen molar-refractivity contribution in [2.45, 2.75) is 123 Å². The molecule has 0 aromatic heterocycles. The third kappa shape index (κ3) is 7.95. The Bertz CT molecular complexity index is 589. The number of rotatable bonds is 14. The van der Waals surface area contributed by atoms with Crippen molar-refractivity contribution in [3.05, 3.63) is 0 Å². The molecule has 0 amide bonds. The van der Waals surface area contributed by atoms with Gasteiger partial charge in [0.1, 0.15) is 0 Å². The predicted molar refractivity (Wildman–Crippen MR) is 129 cm³/mol. The zero-order valence-corrected chi connectivity index (χ0v) is 21.3. The number of carboxylic acids is 2. The Morgan fingerprint density at radius 2 is 0.879 bits per heavy atom. The summed E-state index contributed by atoms with van der Waals surface area (Å²) >= 11 is 0. The largest absolute Gasteiger partial charge is 0.481 e. The van der Waals surface area contributed by atoms with Crippen LogP contribution in [0.1, 0.15) is 111 Å². The van der Waals surface area contributed by atoms with Crippen LogP contribution in [-0.2, 0) is 9.59 Å². The van der Waals surface area contributed by atoms with E-state index in [4.69, 9.17) is 0 Å². The number of hydrogen-bond donors (Lipinski definition) is 4. The van der Waals surface area contributed by atoms with Crippen molar-refractivity contribution in [3.8, 4) is 0 Å². The van der Waals surface area contributed by atoms with E-state index < -0.39 is 22.8 Å². The van der Waals surface area contributed by atoms with Gasteiger partial charge in [-0.3, -0.25) is 9.59 Å². The van der Waals surface area contributed by atoms with Crippen LogP contribution in [0.15, 0.2) is 0 Å². The molecule has 4 N–H and O–H groups in total. The van der Waals surface area contributed by atoms with E-state index in [9.17, 15) is 30.0 Å². The molecule has 0 bridgehead atoms. The second kappa shape index (κ2) is 12.0. The number of aliphatic hydroxyl groups is 2. The van der Waals surface area contributed by atoms with Crippen molar-refractivity contribution in [2.75, 3.05) is 0 Å². The molecule has 2 saturated carbocycles. The Morgan fingerprint density at radius 1 is 0.606 bits per heavy atom. The zero-order chi connectivity index (χ0) is 24.8. The number of carboxylic acid groups (broad SMARTS) is 2. The van der Waals surface area contributed by atoms with Gasteiger partial charge in [-0.1, -0.05) is 19.3 Å². The maximum absolute atomic E-state index is 11.3. The summed E-state index contributed by atoms with van der Waals surface area (Å²) in [5.41, 5.74) is -1.40. The predicted octanol–water partition coefficient (Wildman–Crippen LogP) is 5.49. The average molecular weight is 469 g/mol. The van der Waals surface area contributed by atoms with Gasteiger partial charge in [0.05, 0.1) is 23.0 Å². The molecule has 0 spiro atoms. The first-order valence-electron chi connectivity index (χ1n) is 13.2. The van der Waals surface area contributed by atoms with Crippen LogP contribution in [0.5, 0.6) is 0 Å². The summed E-state index contributed by atoms with van der Waals surface area (Å²) in [4.78, 5) is 22.5. The molecule has 33 heavy (non-hydrogen) atoms. The highest BCUT2D eigenvalue weighted by Crippen LogP contribution is 2.41. The molecule has 0 saturated heterocycles. The monoisotopic (exact) mass is 468 g/mol. The third-order valence-electron chi connectivity index (χ3n) is 8.81. The molecule has 192 valence electrons. The SMILES string of the molecule is CC(C)(CCCC1CCC(CCCC2CCC(CCCC(C)(C)C(=O)O)C2O)C1O)C(=O)O. The van der Waals surface area contributed by atoms with Gasteiger partial charge in [-0.15, -0.1) is 0 Å². The number of aliphatic hydroxyl groups excluding tert-OH is 2. The van der Waals surface area contributed by atoms with E-state index >= 15 is 0 Å². The fourth-order valence-corrected chi connectivity index (χ4v) is 6.04. The molecule has 2 aliphatic rings. The second-order valence-electron chi connectivity index (χ2n) is 12.3. The van der Waals surface area contributed by atoms with E-state index in [1.165, 1.54) is 0 Å². The highest BCUT2D eigenvalue weighted by molar-refractivity contribution is 5.73. The maximum Gasteiger partial charge on any atom is 0.309 e. The Labute approximate surface area is 200 Å². The van der Waals surface area contributed by atoms with Crippen molar-refractivity contribution < 1.29 is 30.0 Å². The van der Waals surface area contributed by atoms with E-state index in [-0.39, 0.29) is 24.0 Å².